The van der Waals surface area contributed by atoms with Gasteiger partial charge in [-0.2, -0.15) is 0 Å². The van der Waals surface area contributed by atoms with Gasteiger partial charge in [-0.05, 0) is 42.7 Å². The molecule has 5 nitrogen and oxygen atoms in total. The predicted octanol–water partition coefficient (Wildman–Crippen LogP) is 4.92. The minimum Gasteiger partial charge on any atom is -0.487 e. The number of aryl methyl sites for hydroxylation is 1. The number of ether oxygens (including phenoxy) is 2. The first kappa shape index (κ1) is 21.0. The van der Waals surface area contributed by atoms with Crippen molar-refractivity contribution in [2.75, 3.05) is 31.2 Å². The lowest BCUT2D eigenvalue weighted by atomic mass is 9.78. The minimum atomic E-state index is -0.0628. The maximum absolute atomic E-state index is 6.03. The molecule has 2 aliphatic rings. The average molecular weight is 430 g/mol. The van der Waals surface area contributed by atoms with Crippen molar-refractivity contribution in [3.63, 3.8) is 0 Å². The van der Waals surface area contributed by atoms with Crippen LogP contribution in [0.1, 0.15) is 42.7 Å². The topological polar surface area (TPSA) is 47.5 Å². The second kappa shape index (κ2) is 8.21. The molecule has 2 saturated heterocycles. The molecule has 1 spiro atoms. The third-order valence-electron chi connectivity index (χ3n) is 6.96. The summed E-state index contributed by atoms with van der Waals surface area (Å²) >= 11 is 0. The summed E-state index contributed by atoms with van der Waals surface area (Å²) in [5.41, 5.74) is 5.00. The summed E-state index contributed by atoms with van der Waals surface area (Å²) in [6.45, 7) is 10.8. The van der Waals surface area contributed by atoms with Crippen molar-refractivity contribution in [3.05, 3.63) is 83.2 Å². The van der Waals surface area contributed by atoms with Gasteiger partial charge in [0.05, 0.1) is 12.3 Å². The molecule has 0 atom stereocenters. The standard InChI is InChI=1S/C27H31N3O2/c1-20-4-6-21(7-5-20)26(2,3)22-8-10-24(11-9-22)32-16-23-12-14-28-25(29-23)30-17-27(18-30)13-15-31-19-27/h4-12,14H,13,15-19H2,1-3H3. The van der Waals surface area contributed by atoms with Gasteiger partial charge in [-0.25, -0.2) is 9.97 Å². The maximum Gasteiger partial charge on any atom is 0.225 e. The molecule has 3 aromatic rings. The Kier molecular flexibility index (Phi) is 5.38. The van der Waals surface area contributed by atoms with E-state index in [1.807, 2.05) is 24.4 Å². The Morgan fingerprint density at radius 3 is 2.34 bits per heavy atom. The largest absolute Gasteiger partial charge is 0.487 e. The lowest BCUT2D eigenvalue weighted by molar-refractivity contribution is 0.130. The normalized spacial score (nSPS) is 17.4. The molecule has 5 heteroatoms. The van der Waals surface area contributed by atoms with E-state index in [9.17, 15) is 0 Å². The lowest BCUT2D eigenvalue weighted by Crippen LogP contribution is -2.57. The van der Waals surface area contributed by atoms with Crippen molar-refractivity contribution in [1.29, 1.82) is 0 Å². The van der Waals surface area contributed by atoms with Crippen molar-refractivity contribution in [1.82, 2.24) is 9.97 Å². The van der Waals surface area contributed by atoms with Crippen LogP contribution in [-0.2, 0) is 16.8 Å². The van der Waals surface area contributed by atoms with E-state index in [0.717, 1.165) is 50.1 Å². The zero-order chi connectivity index (χ0) is 22.2. The number of hydrogen-bond donors (Lipinski definition) is 0. The number of anilines is 1. The van der Waals surface area contributed by atoms with Crippen molar-refractivity contribution in [2.24, 2.45) is 5.41 Å². The molecule has 0 aliphatic carbocycles. The molecule has 0 N–H and O–H groups in total. The third kappa shape index (κ3) is 4.09. The summed E-state index contributed by atoms with van der Waals surface area (Å²) in [6.07, 6.45) is 2.97. The van der Waals surface area contributed by atoms with Gasteiger partial charge in [-0.1, -0.05) is 55.8 Å². The molecule has 2 aliphatic heterocycles. The van der Waals surface area contributed by atoms with E-state index >= 15 is 0 Å². The van der Waals surface area contributed by atoms with Crippen LogP contribution in [0.2, 0.25) is 0 Å². The van der Waals surface area contributed by atoms with Crippen molar-refractivity contribution in [2.45, 2.75) is 39.2 Å². The number of hydrogen-bond acceptors (Lipinski definition) is 5. The van der Waals surface area contributed by atoms with Gasteiger partial charge in [-0.15, -0.1) is 0 Å². The molecular formula is C27H31N3O2. The fourth-order valence-electron chi connectivity index (χ4n) is 4.68. The number of nitrogens with zero attached hydrogens (tertiary/aromatic N) is 3. The van der Waals surface area contributed by atoms with Gasteiger partial charge >= 0.3 is 0 Å². The van der Waals surface area contributed by atoms with Crippen LogP contribution in [0.3, 0.4) is 0 Å². The number of aromatic nitrogens is 2. The Balaban J connectivity index is 1.21. The molecule has 0 saturated carbocycles. The second-order valence-corrected chi connectivity index (χ2v) is 9.81. The fraction of sp³-hybridized carbons (Fsp3) is 0.407. The highest BCUT2D eigenvalue weighted by Gasteiger charge is 2.46. The SMILES string of the molecule is Cc1ccc(C(C)(C)c2ccc(OCc3ccnc(N4CC5(CCOC5)C4)n3)cc2)cc1. The van der Waals surface area contributed by atoms with E-state index in [1.54, 1.807) is 0 Å². The second-order valence-electron chi connectivity index (χ2n) is 9.81. The van der Waals surface area contributed by atoms with Crippen LogP contribution in [0.15, 0.2) is 60.8 Å². The smallest absolute Gasteiger partial charge is 0.225 e. The lowest BCUT2D eigenvalue weighted by Gasteiger charge is -2.47. The minimum absolute atomic E-state index is 0.0628. The van der Waals surface area contributed by atoms with Gasteiger partial charge < -0.3 is 14.4 Å². The summed E-state index contributed by atoms with van der Waals surface area (Å²) in [5, 5.41) is 0. The Bertz CT molecular complexity index is 1060. The molecule has 0 amide bonds. The molecule has 5 rings (SSSR count). The van der Waals surface area contributed by atoms with Gasteiger partial charge in [0.2, 0.25) is 5.95 Å². The first-order valence-corrected chi connectivity index (χ1v) is 11.4. The molecule has 0 bridgehead atoms. The zero-order valence-electron chi connectivity index (χ0n) is 19.2. The molecule has 2 aromatic carbocycles. The summed E-state index contributed by atoms with van der Waals surface area (Å²) in [5.74, 6) is 1.64. The van der Waals surface area contributed by atoms with Crippen LogP contribution in [0.5, 0.6) is 5.75 Å². The van der Waals surface area contributed by atoms with Gasteiger partial charge in [-0.3, -0.25) is 0 Å². The highest BCUT2D eigenvalue weighted by molar-refractivity contribution is 5.41. The Morgan fingerprint density at radius 1 is 1.00 bits per heavy atom. The molecule has 166 valence electrons. The van der Waals surface area contributed by atoms with Gasteiger partial charge in [0.25, 0.3) is 0 Å². The van der Waals surface area contributed by atoms with E-state index in [1.165, 1.54) is 16.7 Å². The summed E-state index contributed by atoms with van der Waals surface area (Å²) in [6, 6.07) is 19.1. The Labute approximate surface area is 190 Å². The number of benzene rings is 2. The molecule has 32 heavy (non-hydrogen) atoms. The fourth-order valence-corrected chi connectivity index (χ4v) is 4.68. The monoisotopic (exact) mass is 429 g/mol. The maximum atomic E-state index is 6.03. The van der Waals surface area contributed by atoms with Crippen LogP contribution >= 0.6 is 0 Å². The van der Waals surface area contributed by atoms with Gasteiger partial charge in [0, 0.05) is 36.7 Å². The van der Waals surface area contributed by atoms with E-state index in [-0.39, 0.29) is 5.41 Å². The van der Waals surface area contributed by atoms with Crippen molar-refractivity contribution in [3.8, 4) is 5.75 Å². The summed E-state index contributed by atoms with van der Waals surface area (Å²) in [7, 11) is 0. The predicted molar refractivity (Wildman–Crippen MR) is 126 cm³/mol. The van der Waals surface area contributed by atoms with Crippen LogP contribution < -0.4 is 9.64 Å². The summed E-state index contributed by atoms with van der Waals surface area (Å²) in [4.78, 5) is 11.4. The molecule has 0 radical (unpaired) electrons. The van der Waals surface area contributed by atoms with E-state index in [4.69, 9.17) is 14.5 Å². The molecule has 0 unspecified atom stereocenters. The molecular weight excluding hydrogens is 398 g/mol. The molecule has 3 heterocycles. The first-order chi connectivity index (χ1) is 15.4. The highest BCUT2D eigenvalue weighted by Crippen LogP contribution is 2.39. The summed E-state index contributed by atoms with van der Waals surface area (Å²) < 4.78 is 11.6. The van der Waals surface area contributed by atoms with Crippen LogP contribution in [0, 0.1) is 12.3 Å². The van der Waals surface area contributed by atoms with E-state index in [0.29, 0.717) is 12.0 Å². The Morgan fingerprint density at radius 2 is 1.69 bits per heavy atom. The quantitative estimate of drug-likeness (QED) is 0.557. The molecule has 1 aromatic heterocycles. The van der Waals surface area contributed by atoms with Crippen LogP contribution in [0.4, 0.5) is 5.95 Å². The average Bonchev–Trinajstić information content (AvgIpc) is 3.28. The van der Waals surface area contributed by atoms with Crippen LogP contribution in [-0.4, -0.2) is 36.3 Å². The zero-order valence-corrected chi connectivity index (χ0v) is 19.2. The van der Waals surface area contributed by atoms with Crippen LogP contribution in [0.25, 0.3) is 0 Å². The van der Waals surface area contributed by atoms with Crippen molar-refractivity contribution < 1.29 is 9.47 Å². The Hall–Kier alpha value is -2.92. The molecule has 2 fully saturated rings. The van der Waals surface area contributed by atoms with E-state index in [2.05, 4.69) is 67.1 Å². The highest BCUT2D eigenvalue weighted by atomic mass is 16.5. The third-order valence-corrected chi connectivity index (χ3v) is 6.96. The number of rotatable bonds is 6. The van der Waals surface area contributed by atoms with Gasteiger partial charge in [0.1, 0.15) is 12.4 Å². The van der Waals surface area contributed by atoms with Crippen molar-refractivity contribution >= 4 is 5.95 Å². The first-order valence-electron chi connectivity index (χ1n) is 11.4. The van der Waals surface area contributed by atoms with E-state index < -0.39 is 0 Å². The van der Waals surface area contributed by atoms with Gasteiger partial charge in [0.15, 0.2) is 0 Å².